The Morgan fingerprint density at radius 2 is 1.72 bits per heavy atom. The standard InChI is InChI=1S/C18H23BrN2O4/c1-5-12-20-21(4)18(16(22)24-6-2,17(23)25-7-3)13-14-8-10-15(19)11-9-14/h5,8-12H,1,6-7,13H2,2-4H3/b20-12-. The van der Waals surface area contributed by atoms with Gasteiger partial charge in [0.2, 0.25) is 0 Å². The molecule has 6 nitrogen and oxygen atoms in total. The Labute approximate surface area is 156 Å². The van der Waals surface area contributed by atoms with Gasteiger partial charge < -0.3 is 9.47 Å². The van der Waals surface area contributed by atoms with Gasteiger partial charge in [0.15, 0.2) is 0 Å². The van der Waals surface area contributed by atoms with Crippen molar-refractivity contribution >= 4 is 34.1 Å². The minimum Gasteiger partial charge on any atom is -0.464 e. The summed E-state index contributed by atoms with van der Waals surface area (Å²) in [5.41, 5.74) is -0.954. The highest BCUT2D eigenvalue weighted by molar-refractivity contribution is 9.10. The van der Waals surface area contributed by atoms with E-state index in [2.05, 4.69) is 27.6 Å². The number of benzene rings is 1. The molecule has 0 heterocycles. The first kappa shape index (κ1) is 20.9. The lowest BCUT2D eigenvalue weighted by molar-refractivity contribution is -0.174. The summed E-state index contributed by atoms with van der Waals surface area (Å²) in [5.74, 6) is -1.42. The van der Waals surface area contributed by atoms with Gasteiger partial charge in [0.25, 0.3) is 5.54 Å². The zero-order chi connectivity index (χ0) is 18.9. The van der Waals surface area contributed by atoms with Gasteiger partial charge in [0.1, 0.15) is 0 Å². The van der Waals surface area contributed by atoms with Crippen molar-refractivity contribution in [1.82, 2.24) is 5.01 Å². The van der Waals surface area contributed by atoms with Crippen molar-refractivity contribution in [2.24, 2.45) is 5.10 Å². The lowest BCUT2D eigenvalue weighted by atomic mass is 9.90. The largest absolute Gasteiger partial charge is 0.464 e. The number of allylic oxidation sites excluding steroid dienone is 1. The molecule has 1 rings (SSSR count). The van der Waals surface area contributed by atoms with Gasteiger partial charge in [0, 0.05) is 24.2 Å². The van der Waals surface area contributed by atoms with Crippen molar-refractivity contribution < 1.29 is 19.1 Å². The lowest BCUT2D eigenvalue weighted by Gasteiger charge is -2.35. The molecule has 0 fully saturated rings. The van der Waals surface area contributed by atoms with E-state index in [1.54, 1.807) is 13.8 Å². The number of nitrogens with zero attached hydrogens (tertiary/aromatic N) is 2. The fraction of sp³-hybridized carbons (Fsp3) is 0.389. The van der Waals surface area contributed by atoms with Crippen molar-refractivity contribution in [2.45, 2.75) is 25.8 Å². The van der Waals surface area contributed by atoms with Crippen LogP contribution in [0, 0.1) is 0 Å². The van der Waals surface area contributed by atoms with E-state index >= 15 is 0 Å². The highest BCUT2D eigenvalue weighted by Crippen LogP contribution is 2.26. The number of hydrogen-bond donors (Lipinski definition) is 0. The summed E-state index contributed by atoms with van der Waals surface area (Å²) in [5, 5.41) is 5.39. The fourth-order valence-corrected chi connectivity index (χ4v) is 2.51. The predicted molar refractivity (Wildman–Crippen MR) is 100 cm³/mol. The van der Waals surface area contributed by atoms with Crippen molar-refractivity contribution in [3.63, 3.8) is 0 Å². The predicted octanol–water partition coefficient (Wildman–Crippen LogP) is 2.96. The number of carbonyl (C=O) groups is 2. The van der Waals surface area contributed by atoms with E-state index in [1.807, 2.05) is 24.3 Å². The van der Waals surface area contributed by atoms with Crippen LogP contribution >= 0.6 is 15.9 Å². The van der Waals surface area contributed by atoms with Crippen LogP contribution in [0.1, 0.15) is 19.4 Å². The number of rotatable bonds is 9. The zero-order valence-electron chi connectivity index (χ0n) is 14.7. The Morgan fingerprint density at radius 3 is 2.16 bits per heavy atom. The smallest absolute Gasteiger partial charge is 0.345 e. The molecular formula is C18H23BrN2O4. The highest BCUT2D eigenvalue weighted by Gasteiger charge is 2.53. The number of halogens is 1. The van der Waals surface area contributed by atoms with Crippen molar-refractivity contribution in [1.29, 1.82) is 0 Å². The van der Waals surface area contributed by atoms with Gasteiger partial charge in [-0.1, -0.05) is 34.6 Å². The van der Waals surface area contributed by atoms with Gasteiger partial charge in [-0.25, -0.2) is 9.59 Å². The Balaban J connectivity index is 3.42. The van der Waals surface area contributed by atoms with Crippen LogP contribution in [0.2, 0.25) is 0 Å². The third-order valence-electron chi connectivity index (χ3n) is 3.50. The quantitative estimate of drug-likeness (QED) is 0.271. The summed E-state index contributed by atoms with van der Waals surface area (Å²) < 4.78 is 11.3. The molecule has 0 aliphatic rings. The van der Waals surface area contributed by atoms with E-state index < -0.39 is 17.5 Å². The molecule has 0 amide bonds. The molecule has 0 aliphatic carbocycles. The zero-order valence-corrected chi connectivity index (χ0v) is 16.3. The second-order valence-electron chi connectivity index (χ2n) is 5.13. The first-order valence-corrected chi connectivity index (χ1v) is 8.69. The molecule has 0 aromatic heterocycles. The molecule has 25 heavy (non-hydrogen) atoms. The van der Waals surface area contributed by atoms with Crippen LogP contribution in [-0.2, 0) is 25.5 Å². The molecule has 1 aromatic rings. The summed E-state index contributed by atoms with van der Waals surface area (Å²) in [4.78, 5) is 25.6. The van der Waals surface area contributed by atoms with Crippen LogP contribution in [-0.4, -0.2) is 49.0 Å². The number of hydrogen-bond acceptors (Lipinski definition) is 6. The molecule has 1 aromatic carbocycles. The number of carbonyl (C=O) groups excluding carboxylic acids is 2. The van der Waals surface area contributed by atoms with E-state index in [1.165, 1.54) is 24.3 Å². The Morgan fingerprint density at radius 1 is 1.20 bits per heavy atom. The molecular weight excluding hydrogens is 388 g/mol. The maximum Gasteiger partial charge on any atom is 0.345 e. The highest BCUT2D eigenvalue weighted by atomic mass is 79.9. The Hall–Kier alpha value is -2.15. The molecule has 0 radical (unpaired) electrons. The van der Waals surface area contributed by atoms with Gasteiger partial charge in [-0.2, -0.15) is 5.10 Å². The normalized spacial score (nSPS) is 11.2. The monoisotopic (exact) mass is 410 g/mol. The molecule has 136 valence electrons. The minimum absolute atomic E-state index is 0.0585. The maximum absolute atomic E-state index is 12.8. The van der Waals surface area contributed by atoms with Crippen molar-refractivity contribution in [3.8, 4) is 0 Å². The van der Waals surface area contributed by atoms with Crippen LogP contribution in [0.15, 0.2) is 46.5 Å². The molecule has 0 unspecified atom stereocenters. The van der Waals surface area contributed by atoms with E-state index in [4.69, 9.17) is 9.47 Å². The summed E-state index contributed by atoms with van der Waals surface area (Å²) in [6.07, 6.45) is 2.91. The van der Waals surface area contributed by atoms with Crippen LogP contribution in [0.3, 0.4) is 0 Å². The molecule has 0 N–H and O–H groups in total. The summed E-state index contributed by atoms with van der Waals surface area (Å²) in [7, 11) is 1.53. The minimum atomic E-state index is -1.72. The number of ether oxygens (including phenoxy) is 2. The molecule has 0 spiro atoms. The van der Waals surface area contributed by atoms with Crippen LogP contribution in [0.4, 0.5) is 0 Å². The molecule has 0 bridgehead atoms. The third kappa shape index (κ3) is 5.16. The van der Waals surface area contributed by atoms with Gasteiger partial charge in [-0.15, -0.1) is 0 Å². The Kier molecular flexibility index (Phi) is 8.34. The van der Waals surface area contributed by atoms with Crippen LogP contribution in [0.25, 0.3) is 0 Å². The molecule has 0 saturated carbocycles. The Bertz CT molecular complexity index is 610. The van der Waals surface area contributed by atoms with Gasteiger partial charge in [-0.3, -0.25) is 5.01 Å². The van der Waals surface area contributed by atoms with Crippen LogP contribution in [0.5, 0.6) is 0 Å². The SMILES string of the molecule is C=C/C=N\N(C)C(Cc1ccc(Br)cc1)(C(=O)OCC)C(=O)OCC. The summed E-state index contributed by atoms with van der Waals surface area (Å²) in [6.45, 7) is 7.20. The van der Waals surface area contributed by atoms with Crippen LogP contribution < -0.4 is 0 Å². The average Bonchev–Trinajstić information content (AvgIpc) is 2.59. The van der Waals surface area contributed by atoms with Crippen molar-refractivity contribution in [2.75, 3.05) is 20.3 Å². The van der Waals surface area contributed by atoms with E-state index in [0.717, 1.165) is 10.0 Å². The average molecular weight is 411 g/mol. The van der Waals surface area contributed by atoms with Gasteiger partial charge in [0.05, 0.1) is 13.2 Å². The number of likely N-dealkylation sites (N-methyl/N-ethyl adjacent to an activating group) is 1. The molecule has 0 aliphatic heterocycles. The first-order valence-electron chi connectivity index (χ1n) is 7.90. The first-order chi connectivity index (χ1) is 11.9. The molecule has 0 atom stereocenters. The van der Waals surface area contributed by atoms with E-state index in [9.17, 15) is 9.59 Å². The molecule has 0 saturated heterocycles. The molecule has 7 heteroatoms. The summed E-state index contributed by atoms with van der Waals surface area (Å²) >= 11 is 3.37. The van der Waals surface area contributed by atoms with E-state index in [-0.39, 0.29) is 19.6 Å². The lowest BCUT2D eigenvalue weighted by Crippen LogP contribution is -2.60. The topological polar surface area (TPSA) is 68.2 Å². The second-order valence-corrected chi connectivity index (χ2v) is 6.04. The summed E-state index contributed by atoms with van der Waals surface area (Å²) in [6, 6.07) is 7.32. The fourth-order valence-electron chi connectivity index (χ4n) is 2.25. The maximum atomic E-state index is 12.8. The van der Waals surface area contributed by atoms with Gasteiger partial charge >= 0.3 is 11.9 Å². The second kappa shape index (κ2) is 9.98. The third-order valence-corrected chi connectivity index (χ3v) is 4.03. The number of hydrazone groups is 1. The van der Waals surface area contributed by atoms with Gasteiger partial charge in [-0.05, 0) is 37.6 Å². The van der Waals surface area contributed by atoms with E-state index in [0.29, 0.717) is 0 Å². The number of esters is 2. The van der Waals surface area contributed by atoms with Crippen molar-refractivity contribution in [3.05, 3.63) is 47.0 Å².